The number of non-ortho nitro benzene ring substituents is 1. The lowest BCUT2D eigenvalue weighted by atomic mass is 10.1. The first-order chi connectivity index (χ1) is 11.9. The molecule has 0 aliphatic rings. The van der Waals surface area contributed by atoms with Gasteiger partial charge in [0, 0.05) is 18.7 Å². The average molecular weight is 364 g/mol. The number of nitro benzene ring substituents is 1. The van der Waals surface area contributed by atoms with E-state index in [1.165, 1.54) is 24.3 Å². The Morgan fingerprint density at radius 2 is 1.80 bits per heavy atom. The Morgan fingerprint density at radius 1 is 1.12 bits per heavy atom. The second-order valence-corrected chi connectivity index (χ2v) is 5.45. The van der Waals surface area contributed by atoms with Crippen LogP contribution in [0.3, 0.4) is 0 Å². The summed E-state index contributed by atoms with van der Waals surface area (Å²) >= 11 is 5.86. The fourth-order valence-electron chi connectivity index (χ4n) is 1.96. The summed E-state index contributed by atoms with van der Waals surface area (Å²) in [6.45, 7) is 0.208. The zero-order valence-corrected chi connectivity index (χ0v) is 13.6. The minimum absolute atomic E-state index is 0.0189. The Bertz CT molecular complexity index is 808. The van der Waals surface area contributed by atoms with Gasteiger partial charge in [-0.15, -0.1) is 0 Å². The molecule has 130 valence electrons. The van der Waals surface area contributed by atoms with Crippen molar-refractivity contribution in [2.75, 3.05) is 11.9 Å². The molecule has 2 aromatic rings. The van der Waals surface area contributed by atoms with Gasteiger partial charge in [-0.1, -0.05) is 23.7 Å². The second-order valence-electron chi connectivity index (χ2n) is 5.05. The molecule has 2 aromatic carbocycles. The van der Waals surface area contributed by atoms with E-state index in [2.05, 4.69) is 10.6 Å². The van der Waals surface area contributed by atoms with Crippen LogP contribution >= 0.6 is 11.6 Å². The molecule has 3 N–H and O–H groups in total. The minimum atomic E-state index is -0.979. The van der Waals surface area contributed by atoms with Crippen LogP contribution in [0.15, 0.2) is 42.5 Å². The lowest BCUT2D eigenvalue weighted by Crippen LogP contribution is -2.36. The zero-order valence-electron chi connectivity index (χ0n) is 12.9. The number of phenols is 1. The number of rotatable bonds is 5. The molecule has 0 aromatic heterocycles. The summed E-state index contributed by atoms with van der Waals surface area (Å²) in [7, 11) is 0. The van der Waals surface area contributed by atoms with Crippen molar-refractivity contribution in [2.45, 2.75) is 6.42 Å². The summed E-state index contributed by atoms with van der Waals surface area (Å²) in [6.07, 6.45) is 0.469. The molecule has 0 saturated carbocycles. The van der Waals surface area contributed by atoms with Gasteiger partial charge in [0.05, 0.1) is 15.6 Å². The van der Waals surface area contributed by atoms with Crippen molar-refractivity contribution < 1.29 is 19.6 Å². The quantitative estimate of drug-likeness (QED) is 0.427. The number of halogens is 1. The first-order valence-corrected chi connectivity index (χ1v) is 7.55. The van der Waals surface area contributed by atoms with Gasteiger partial charge in [-0.05, 0) is 30.2 Å². The topological polar surface area (TPSA) is 122 Å². The molecule has 0 heterocycles. The molecular formula is C16H14ClN3O5. The molecule has 0 saturated heterocycles. The van der Waals surface area contributed by atoms with Crippen LogP contribution in [0.25, 0.3) is 0 Å². The summed E-state index contributed by atoms with van der Waals surface area (Å²) in [5.74, 6) is -1.73. The van der Waals surface area contributed by atoms with E-state index in [4.69, 9.17) is 11.6 Å². The highest BCUT2D eigenvalue weighted by Gasteiger charge is 2.17. The Hall–Kier alpha value is -3.13. The molecule has 0 aliphatic carbocycles. The third-order valence-electron chi connectivity index (χ3n) is 3.25. The van der Waals surface area contributed by atoms with E-state index >= 15 is 0 Å². The third-order valence-corrected chi connectivity index (χ3v) is 3.58. The van der Waals surface area contributed by atoms with E-state index in [1.807, 2.05) is 0 Å². The number of phenolic OH excluding ortho intramolecular Hbond substituents is 1. The van der Waals surface area contributed by atoms with Gasteiger partial charge in [-0.3, -0.25) is 19.7 Å². The lowest BCUT2D eigenvalue weighted by Gasteiger charge is -2.08. The van der Waals surface area contributed by atoms with Crippen molar-refractivity contribution in [2.24, 2.45) is 0 Å². The Kier molecular flexibility index (Phi) is 5.91. The summed E-state index contributed by atoms with van der Waals surface area (Å²) < 4.78 is 0. The predicted octanol–water partition coefficient (Wildman–Crippen LogP) is 2.25. The van der Waals surface area contributed by atoms with Crippen LogP contribution in [0.4, 0.5) is 11.4 Å². The van der Waals surface area contributed by atoms with Gasteiger partial charge in [0.2, 0.25) is 0 Å². The number of hydrogen-bond donors (Lipinski definition) is 3. The molecule has 0 radical (unpaired) electrons. The van der Waals surface area contributed by atoms with Crippen LogP contribution in [0.2, 0.25) is 5.02 Å². The van der Waals surface area contributed by atoms with E-state index < -0.39 is 16.7 Å². The molecular weight excluding hydrogens is 350 g/mol. The number of amides is 2. The van der Waals surface area contributed by atoms with Crippen LogP contribution in [0, 0.1) is 10.1 Å². The molecule has 0 bridgehead atoms. The van der Waals surface area contributed by atoms with Crippen molar-refractivity contribution in [1.29, 1.82) is 0 Å². The van der Waals surface area contributed by atoms with Crippen molar-refractivity contribution >= 4 is 34.8 Å². The Labute approximate surface area is 147 Å². The van der Waals surface area contributed by atoms with Crippen LogP contribution in [-0.2, 0) is 16.0 Å². The Morgan fingerprint density at radius 3 is 2.44 bits per heavy atom. The number of nitrogens with zero attached hydrogens (tertiary/aromatic N) is 1. The molecule has 0 spiro atoms. The number of benzene rings is 2. The maximum Gasteiger partial charge on any atom is 0.313 e. The maximum atomic E-state index is 11.8. The first-order valence-electron chi connectivity index (χ1n) is 7.18. The maximum absolute atomic E-state index is 11.8. The summed E-state index contributed by atoms with van der Waals surface area (Å²) in [5, 5.41) is 24.7. The van der Waals surface area contributed by atoms with E-state index in [0.717, 1.165) is 11.6 Å². The van der Waals surface area contributed by atoms with Crippen LogP contribution in [0.5, 0.6) is 5.75 Å². The van der Waals surface area contributed by atoms with E-state index in [-0.39, 0.29) is 28.7 Å². The van der Waals surface area contributed by atoms with E-state index in [1.54, 1.807) is 12.1 Å². The number of carbonyl (C=O) groups excluding carboxylic acids is 2. The van der Waals surface area contributed by atoms with Crippen molar-refractivity contribution in [1.82, 2.24) is 5.32 Å². The fraction of sp³-hybridized carbons (Fsp3) is 0.125. The Balaban J connectivity index is 1.90. The number of carbonyl (C=O) groups is 2. The average Bonchev–Trinajstić information content (AvgIpc) is 2.58. The second kappa shape index (κ2) is 8.11. The number of hydrogen-bond acceptors (Lipinski definition) is 5. The van der Waals surface area contributed by atoms with E-state index in [0.29, 0.717) is 6.42 Å². The molecule has 8 nitrogen and oxygen atoms in total. The number of nitrogens with one attached hydrogen (secondary N) is 2. The molecule has 0 atom stereocenters. The number of anilines is 1. The highest BCUT2D eigenvalue weighted by Crippen LogP contribution is 2.26. The highest BCUT2D eigenvalue weighted by molar-refractivity contribution is 6.41. The lowest BCUT2D eigenvalue weighted by molar-refractivity contribution is -0.384. The SMILES string of the molecule is O=C(NCCc1ccc(O)cc1)C(=O)Nc1cc([N+](=O)[O-])ccc1Cl. The summed E-state index contributed by atoms with van der Waals surface area (Å²) in [5.41, 5.74) is 0.599. The van der Waals surface area contributed by atoms with Gasteiger partial charge in [0.1, 0.15) is 5.75 Å². The molecule has 9 heteroatoms. The summed E-state index contributed by atoms with van der Waals surface area (Å²) in [6, 6.07) is 9.97. The molecule has 0 aliphatic heterocycles. The largest absolute Gasteiger partial charge is 0.508 e. The van der Waals surface area contributed by atoms with Crippen LogP contribution in [-0.4, -0.2) is 28.4 Å². The smallest absolute Gasteiger partial charge is 0.313 e. The van der Waals surface area contributed by atoms with Crippen LogP contribution < -0.4 is 10.6 Å². The third kappa shape index (κ3) is 5.18. The van der Waals surface area contributed by atoms with Gasteiger partial charge in [-0.2, -0.15) is 0 Å². The minimum Gasteiger partial charge on any atom is -0.508 e. The monoisotopic (exact) mass is 363 g/mol. The predicted molar refractivity (Wildman–Crippen MR) is 91.6 cm³/mol. The molecule has 0 fully saturated rings. The van der Waals surface area contributed by atoms with Gasteiger partial charge in [0.25, 0.3) is 5.69 Å². The zero-order chi connectivity index (χ0) is 18.4. The van der Waals surface area contributed by atoms with Gasteiger partial charge >= 0.3 is 11.8 Å². The standard InChI is InChI=1S/C16H14ClN3O5/c17-13-6-3-11(20(24)25)9-14(13)19-16(23)15(22)18-8-7-10-1-4-12(21)5-2-10/h1-6,9,21H,7-8H2,(H,18,22)(H,19,23). The van der Waals surface area contributed by atoms with Gasteiger partial charge in [0.15, 0.2) is 0 Å². The van der Waals surface area contributed by atoms with Crippen molar-refractivity contribution in [3.8, 4) is 5.75 Å². The van der Waals surface area contributed by atoms with E-state index in [9.17, 15) is 24.8 Å². The highest BCUT2D eigenvalue weighted by atomic mass is 35.5. The number of nitro groups is 1. The van der Waals surface area contributed by atoms with Crippen LogP contribution in [0.1, 0.15) is 5.56 Å². The molecule has 2 amide bonds. The first kappa shape index (κ1) is 18.2. The molecule has 25 heavy (non-hydrogen) atoms. The summed E-state index contributed by atoms with van der Waals surface area (Å²) in [4.78, 5) is 33.7. The van der Waals surface area contributed by atoms with Gasteiger partial charge < -0.3 is 15.7 Å². The number of aromatic hydroxyl groups is 1. The van der Waals surface area contributed by atoms with Crippen molar-refractivity contribution in [3.05, 3.63) is 63.2 Å². The normalized spacial score (nSPS) is 10.1. The molecule has 2 rings (SSSR count). The molecule has 0 unspecified atom stereocenters. The van der Waals surface area contributed by atoms with Gasteiger partial charge in [-0.25, -0.2) is 0 Å². The fourth-order valence-corrected chi connectivity index (χ4v) is 2.13. The van der Waals surface area contributed by atoms with Crippen molar-refractivity contribution in [3.63, 3.8) is 0 Å².